The van der Waals surface area contributed by atoms with Gasteiger partial charge in [-0.2, -0.15) is 0 Å². The molecule has 0 unspecified atom stereocenters. The summed E-state index contributed by atoms with van der Waals surface area (Å²) in [5, 5.41) is 3.03. The van der Waals surface area contributed by atoms with Gasteiger partial charge in [0.2, 0.25) is 5.56 Å². The van der Waals surface area contributed by atoms with Gasteiger partial charge in [-0.05, 0) is 24.1 Å². The smallest absolute Gasteiger partial charge is 0.253 e. The highest BCUT2D eigenvalue weighted by Gasteiger charge is 2.24. The number of nitrogens with zero attached hydrogens (tertiary/aromatic N) is 1. The number of fused-ring (bicyclic) bond motifs is 1. The lowest BCUT2D eigenvalue weighted by Crippen LogP contribution is -2.33. The minimum absolute atomic E-state index is 0.206. The molecule has 0 saturated carbocycles. The third-order valence-corrected chi connectivity index (χ3v) is 4.25. The number of imidazole rings is 1. The third-order valence-electron chi connectivity index (χ3n) is 4.25. The van der Waals surface area contributed by atoms with E-state index in [1.807, 2.05) is 24.3 Å². The standard InChI is InChI=1S/C18H20N4O2/c1-3-11(2)16(17-20-13-6-4-5-7-14(13)21-17)22-18(24)12-8-9-15(23)19-10-12/h4-11,16H,3H2,1-2H3,(H,19,23)(H,20,21)(H,22,24)/t11-,16-/m0/s1. The van der Waals surface area contributed by atoms with Crippen molar-refractivity contribution in [3.8, 4) is 0 Å². The number of hydrogen-bond acceptors (Lipinski definition) is 3. The second kappa shape index (κ2) is 6.70. The van der Waals surface area contributed by atoms with Crippen LogP contribution in [0.2, 0.25) is 0 Å². The van der Waals surface area contributed by atoms with Crippen LogP contribution in [-0.4, -0.2) is 20.9 Å². The molecule has 1 amide bonds. The summed E-state index contributed by atoms with van der Waals surface area (Å²) in [4.78, 5) is 34.1. The van der Waals surface area contributed by atoms with Crippen LogP contribution in [0.15, 0.2) is 47.4 Å². The Hall–Kier alpha value is -2.89. The Balaban J connectivity index is 1.90. The number of rotatable bonds is 5. The van der Waals surface area contributed by atoms with E-state index in [1.54, 1.807) is 0 Å². The number of nitrogens with one attached hydrogen (secondary N) is 3. The second-order valence-electron chi connectivity index (χ2n) is 5.92. The van der Waals surface area contributed by atoms with Gasteiger partial charge in [0.15, 0.2) is 0 Å². The van der Waals surface area contributed by atoms with E-state index in [0.717, 1.165) is 23.3 Å². The first-order valence-corrected chi connectivity index (χ1v) is 8.02. The molecule has 124 valence electrons. The number of pyridine rings is 1. The van der Waals surface area contributed by atoms with Gasteiger partial charge in [0.1, 0.15) is 5.82 Å². The number of amides is 1. The van der Waals surface area contributed by atoms with E-state index < -0.39 is 0 Å². The van der Waals surface area contributed by atoms with Crippen molar-refractivity contribution < 1.29 is 4.79 Å². The maximum Gasteiger partial charge on any atom is 0.253 e. The SMILES string of the molecule is CC[C@H](C)[C@H](NC(=O)c1ccc(=O)[nH]c1)c1nc2ccccc2[nH]1. The van der Waals surface area contributed by atoms with Crippen molar-refractivity contribution >= 4 is 16.9 Å². The van der Waals surface area contributed by atoms with Gasteiger partial charge in [0, 0.05) is 12.3 Å². The summed E-state index contributed by atoms with van der Waals surface area (Å²) in [5.41, 5.74) is 2.00. The van der Waals surface area contributed by atoms with Crippen molar-refractivity contribution in [1.82, 2.24) is 20.3 Å². The maximum absolute atomic E-state index is 12.5. The fourth-order valence-corrected chi connectivity index (χ4v) is 2.61. The predicted octanol–water partition coefficient (Wildman–Crippen LogP) is 2.77. The van der Waals surface area contributed by atoms with E-state index in [0.29, 0.717) is 5.56 Å². The lowest BCUT2D eigenvalue weighted by Gasteiger charge is -2.22. The van der Waals surface area contributed by atoms with E-state index in [-0.39, 0.29) is 23.4 Å². The summed E-state index contributed by atoms with van der Waals surface area (Å²) in [7, 11) is 0. The summed E-state index contributed by atoms with van der Waals surface area (Å²) >= 11 is 0. The van der Waals surface area contributed by atoms with Crippen LogP contribution in [-0.2, 0) is 0 Å². The molecule has 0 bridgehead atoms. The molecule has 0 radical (unpaired) electrons. The van der Waals surface area contributed by atoms with Crippen LogP contribution in [0.5, 0.6) is 0 Å². The Kier molecular flexibility index (Phi) is 4.46. The number of carbonyl (C=O) groups is 1. The number of H-pyrrole nitrogens is 2. The van der Waals surface area contributed by atoms with Crippen molar-refractivity contribution in [2.24, 2.45) is 5.92 Å². The number of aromatic amines is 2. The van der Waals surface area contributed by atoms with Crippen molar-refractivity contribution in [3.63, 3.8) is 0 Å². The molecule has 2 aromatic heterocycles. The molecule has 0 aliphatic rings. The van der Waals surface area contributed by atoms with Crippen molar-refractivity contribution in [2.75, 3.05) is 0 Å². The van der Waals surface area contributed by atoms with Crippen molar-refractivity contribution in [1.29, 1.82) is 0 Å². The Morgan fingerprint density at radius 3 is 2.71 bits per heavy atom. The summed E-state index contributed by atoms with van der Waals surface area (Å²) in [6, 6.07) is 10.4. The van der Waals surface area contributed by atoms with Gasteiger partial charge in [-0.15, -0.1) is 0 Å². The molecule has 24 heavy (non-hydrogen) atoms. The van der Waals surface area contributed by atoms with Crippen LogP contribution in [0.4, 0.5) is 0 Å². The van der Waals surface area contributed by atoms with Crippen LogP contribution in [0.1, 0.15) is 42.5 Å². The van der Waals surface area contributed by atoms with Crippen LogP contribution in [0.25, 0.3) is 11.0 Å². The Morgan fingerprint density at radius 1 is 1.25 bits per heavy atom. The van der Waals surface area contributed by atoms with E-state index in [4.69, 9.17) is 0 Å². The fraction of sp³-hybridized carbons (Fsp3) is 0.278. The Labute approximate surface area is 139 Å². The molecule has 0 spiro atoms. The molecule has 3 rings (SSSR count). The van der Waals surface area contributed by atoms with Crippen LogP contribution in [0.3, 0.4) is 0 Å². The molecule has 6 nitrogen and oxygen atoms in total. The van der Waals surface area contributed by atoms with E-state index in [2.05, 4.69) is 34.1 Å². The second-order valence-corrected chi connectivity index (χ2v) is 5.92. The molecular weight excluding hydrogens is 304 g/mol. The topological polar surface area (TPSA) is 90.6 Å². The zero-order chi connectivity index (χ0) is 17.1. The van der Waals surface area contributed by atoms with Crippen LogP contribution >= 0.6 is 0 Å². The number of para-hydroxylation sites is 2. The highest BCUT2D eigenvalue weighted by molar-refractivity contribution is 5.94. The fourth-order valence-electron chi connectivity index (χ4n) is 2.61. The lowest BCUT2D eigenvalue weighted by atomic mass is 9.98. The van der Waals surface area contributed by atoms with E-state index >= 15 is 0 Å². The molecule has 6 heteroatoms. The zero-order valence-corrected chi connectivity index (χ0v) is 13.7. The average Bonchev–Trinajstić information content (AvgIpc) is 3.03. The Morgan fingerprint density at radius 2 is 2.04 bits per heavy atom. The summed E-state index contributed by atoms with van der Waals surface area (Å²) in [6.45, 7) is 4.15. The zero-order valence-electron chi connectivity index (χ0n) is 13.7. The van der Waals surface area contributed by atoms with E-state index in [1.165, 1.54) is 18.3 Å². The van der Waals surface area contributed by atoms with E-state index in [9.17, 15) is 9.59 Å². The molecule has 2 heterocycles. The number of carbonyl (C=O) groups excluding carboxylic acids is 1. The first-order chi connectivity index (χ1) is 11.6. The molecule has 3 N–H and O–H groups in total. The molecule has 1 aromatic carbocycles. The minimum atomic E-state index is -0.239. The molecular formula is C18H20N4O2. The normalized spacial score (nSPS) is 13.6. The van der Waals surface area contributed by atoms with Gasteiger partial charge in [-0.3, -0.25) is 9.59 Å². The number of aromatic nitrogens is 3. The first kappa shape index (κ1) is 16.0. The number of benzene rings is 1. The highest BCUT2D eigenvalue weighted by Crippen LogP contribution is 2.24. The first-order valence-electron chi connectivity index (χ1n) is 8.02. The molecule has 0 saturated heterocycles. The summed E-state index contributed by atoms with van der Waals surface area (Å²) in [5.74, 6) is 0.706. The quantitative estimate of drug-likeness (QED) is 0.674. The Bertz CT molecular complexity index is 859. The van der Waals surface area contributed by atoms with Gasteiger partial charge in [-0.25, -0.2) is 4.98 Å². The number of hydrogen-bond donors (Lipinski definition) is 3. The van der Waals surface area contributed by atoms with Gasteiger partial charge in [-0.1, -0.05) is 32.4 Å². The maximum atomic E-state index is 12.5. The average molecular weight is 324 g/mol. The summed E-state index contributed by atoms with van der Waals surface area (Å²) < 4.78 is 0. The molecule has 0 aliphatic heterocycles. The lowest BCUT2D eigenvalue weighted by molar-refractivity contribution is 0.0920. The monoisotopic (exact) mass is 324 g/mol. The molecule has 2 atom stereocenters. The molecule has 3 aromatic rings. The minimum Gasteiger partial charge on any atom is -0.342 e. The van der Waals surface area contributed by atoms with Crippen molar-refractivity contribution in [2.45, 2.75) is 26.3 Å². The van der Waals surface area contributed by atoms with Crippen molar-refractivity contribution in [3.05, 3.63) is 64.3 Å². The third kappa shape index (κ3) is 3.22. The van der Waals surface area contributed by atoms with Gasteiger partial charge >= 0.3 is 0 Å². The predicted molar refractivity (Wildman–Crippen MR) is 92.8 cm³/mol. The van der Waals surface area contributed by atoms with Gasteiger partial charge in [0.05, 0.1) is 22.6 Å². The van der Waals surface area contributed by atoms with Gasteiger partial charge < -0.3 is 15.3 Å². The molecule has 0 fully saturated rings. The van der Waals surface area contributed by atoms with Crippen LogP contribution in [0, 0.1) is 5.92 Å². The molecule has 0 aliphatic carbocycles. The highest BCUT2D eigenvalue weighted by atomic mass is 16.2. The largest absolute Gasteiger partial charge is 0.342 e. The van der Waals surface area contributed by atoms with Crippen LogP contribution < -0.4 is 10.9 Å². The van der Waals surface area contributed by atoms with Gasteiger partial charge in [0.25, 0.3) is 5.91 Å². The summed E-state index contributed by atoms with van der Waals surface area (Å²) in [6.07, 6.45) is 2.32.